The second-order valence-corrected chi connectivity index (χ2v) is 2.99. The van der Waals surface area contributed by atoms with Crippen molar-refractivity contribution in [2.75, 3.05) is 0 Å². The fraction of sp³-hybridized carbons (Fsp3) is 0.250. The molecule has 0 aliphatic rings. The predicted molar refractivity (Wildman–Crippen MR) is 42.8 cm³/mol. The van der Waals surface area contributed by atoms with Crippen molar-refractivity contribution in [3.8, 4) is 5.75 Å². The molecule has 0 aliphatic heterocycles. The van der Waals surface area contributed by atoms with Crippen LogP contribution in [0.1, 0.15) is 5.56 Å². The summed E-state index contributed by atoms with van der Waals surface area (Å²) in [7, 11) is 0. The lowest BCUT2D eigenvalue weighted by Gasteiger charge is -2.11. The van der Waals surface area contributed by atoms with Crippen molar-refractivity contribution < 1.29 is 22.3 Å². The van der Waals surface area contributed by atoms with Gasteiger partial charge in [0.05, 0.1) is 5.02 Å². The van der Waals surface area contributed by atoms with Gasteiger partial charge in [0, 0.05) is 6.07 Å². The van der Waals surface area contributed by atoms with E-state index in [4.69, 9.17) is 11.6 Å². The van der Waals surface area contributed by atoms with E-state index < -0.39 is 17.9 Å². The van der Waals surface area contributed by atoms with Crippen molar-refractivity contribution in [2.24, 2.45) is 0 Å². The first-order valence-electron chi connectivity index (χ1n) is 3.51. The molecule has 78 valence electrons. The largest absolute Gasteiger partial charge is 0.573 e. The Morgan fingerprint density at radius 3 is 2.36 bits per heavy atom. The van der Waals surface area contributed by atoms with Gasteiger partial charge < -0.3 is 4.74 Å². The van der Waals surface area contributed by atoms with Gasteiger partial charge >= 0.3 is 6.36 Å². The van der Waals surface area contributed by atoms with Crippen LogP contribution in [-0.2, 0) is 0 Å². The average molecular weight is 229 g/mol. The predicted octanol–water partition coefficient (Wildman–Crippen LogP) is 3.69. The van der Waals surface area contributed by atoms with Gasteiger partial charge in [0.15, 0.2) is 0 Å². The number of benzene rings is 1. The third-order valence-electron chi connectivity index (χ3n) is 1.44. The molecule has 0 aliphatic carbocycles. The summed E-state index contributed by atoms with van der Waals surface area (Å²) in [5.74, 6) is -1.53. The summed E-state index contributed by atoms with van der Waals surface area (Å²) in [6.45, 7) is 1.34. The number of alkyl halides is 3. The summed E-state index contributed by atoms with van der Waals surface area (Å²) in [5, 5.41) is -0.239. The van der Waals surface area contributed by atoms with Crippen molar-refractivity contribution >= 4 is 11.6 Å². The van der Waals surface area contributed by atoms with Crippen LogP contribution in [0.25, 0.3) is 0 Å². The molecule has 0 N–H and O–H groups in total. The van der Waals surface area contributed by atoms with Crippen LogP contribution in [-0.4, -0.2) is 6.36 Å². The Morgan fingerprint density at radius 2 is 1.86 bits per heavy atom. The minimum Gasteiger partial charge on any atom is -0.405 e. The Kier molecular flexibility index (Phi) is 2.89. The van der Waals surface area contributed by atoms with E-state index >= 15 is 0 Å². The van der Waals surface area contributed by atoms with Gasteiger partial charge in [-0.05, 0) is 18.6 Å². The molecule has 1 aromatic rings. The Bertz CT molecular complexity index is 348. The standard InChI is InChI=1S/C8H5ClF4O/c1-4-2-5(9)6(10)3-7(4)14-8(11,12)13/h2-3H,1H3. The average Bonchev–Trinajstić information content (AvgIpc) is 1.97. The molecule has 1 rings (SSSR count). The molecule has 0 saturated carbocycles. The van der Waals surface area contributed by atoms with Crippen LogP contribution >= 0.6 is 11.6 Å². The van der Waals surface area contributed by atoms with Gasteiger partial charge in [-0.15, -0.1) is 13.2 Å². The Balaban J connectivity index is 3.04. The lowest BCUT2D eigenvalue weighted by molar-refractivity contribution is -0.274. The van der Waals surface area contributed by atoms with Crippen LogP contribution in [0.5, 0.6) is 5.75 Å². The lowest BCUT2D eigenvalue weighted by atomic mass is 10.2. The fourth-order valence-electron chi connectivity index (χ4n) is 0.863. The number of halogens is 5. The quantitative estimate of drug-likeness (QED) is 0.666. The third-order valence-corrected chi connectivity index (χ3v) is 1.73. The van der Waals surface area contributed by atoms with Crippen molar-refractivity contribution in [3.63, 3.8) is 0 Å². The second kappa shape index (κ2) is 3.65. The van der Waals surface area contributed by atoms with Gasteiger partial charge in [-0.25, -0.2) is 4.39 Å². The highest BCUT2D eigenvalue weighted by molar-refractivity contribution is 6.30. The lowest BCUT2D eigenvalue weighted by Crippen LogP contribution is -2.17. The molecule has 0 bridgehead atoms. The first-order valence-corrected chi connectivity index (χ1v) is 3.89. The summed E-state index contributed by atoms with van der Waals surface area (Å²) in [6.07, 6.45) is -4.83. The maximum atomic E-state index is 12.8. The summed E-state index contributed by atoms with van der Waals surface area (Å²) < 4.78 is 51.7. The molecule has 6 heteroatoms. The molecule has 0 spiro atoms. The summed E-state index contributed by atoms with van der Waals surface area (Å²) in [4.78, 5) is 0. The molecule has 0 fully saturated rings. The molecule has 0 saturated heterocycles. The van der Waals surface area contributed by atoms with E-state index in [9.17, 15) is 17.6 Å². The Hall–Kier alpha value is -0.970. The maximum absolute atomic E-state index is 12.8. The first kappa shape index (κ1) is 11.1. The molecule has 0 amide bonds. The van der Waals surface area contributed by atoms with Crippen molar-refractivity contribution in [1.82, 2.24) is 0 Å². The SMILES string of the molecule is Cc1cc(Cl)c(F)cc1OC(F)(F)F. The van der Waals surface area contributed by atoms with Crippen molar-refractivity contribution in [3.05, 3.63) is 28.5 Å². The van der Waals surface area contributed by atoms with Crippen LogP contribution in [0.15, 0.2) is 12.1 Å². The smallest absolute Gasteiger partial charge is 0.405 e. The topological polar surface area (TPSA) is 9.23 Å². The molecule has 0 radical (unpaired) electrons. The van der Waals surface area contributed by atoms with E-state index in [0.717, 1.165) is 6.07 Å². The number of ether oxygens (including phenoxy) is 1. The first-order chi connectivity index (χ1) is 6.29. The van der Waals surface area contributed by atoms with Crippen LogP contribution in [0.2, 0.25) is 5.02 Å². The van der Waals surface area contributed by atoms with Gasteiger partial charge in [-0.1, -0.05) is 11.6 Å². The minimum atomic E-state index is -4.83. The fourth-order valence-corrected chi connectivity index (χ4v) is 1.08. The molecular formula is C8H5ClF4O. The Labute approximate surface area is 82.2 Å². The highest BCUT2D eigenvalue weighted by Gasteiger charge is 2.32. The van der Waals surface area contributed by atoms with E-state index in [1.807, 2.05) is 0 Å². The molecule has 0 unspecified atom stereocenters. The minimum absolute atomic E-state index is 0.119. The number of hydrogen-bond acceptors (Lipinski definition) is 1. The monoisotopic (exact) mass is 228 g/mol. The zero-order valence-electron chi connectivity index (χ0n) is 6.95. The Morgan fingerprint density at radius 1 is 1.29 bits per heavy atom. The van der Waals surface area contributed by atoms with Crippen LogP contribution in [0.4, 0.5) is 17.6 Å². The molecular weight excluding hydrogens is 224 g/mol. The highest BCUT2D eigenvalue weighted by atomic mass is 35.5. The van der Waals surface area contributed by atoms with Gasteiger partial charge in [0.2, 0.25) is 0 Å². The molecule has 0 atom stereocenters. The molecule has 0 aromatic heterocycles. The van der Waals surface area contributed by atoms with Gasteiger partial charge in [-0.2, -0.15) is 0 Å². The number of rotatable bonds is 1. The van der Waals surface area contributed by atoms with E-state index in [0.29, 0.717) is 6.07 Å². The zero-order chi connectivity index (χ0) is 10.9. The van der Waals surface area contributed by atoms with E-state index in [1.165, 1.54) is 6.92 Å². The zero-order valence-corrected chi connectivity index (χ0v) is 7.71. The summed E-state index contributed by atoms with van der Waals surface area (Å²) in [6, 6.07) is 1.67. The third kappa shape index (κ3) is 2.77. The normalized spacial score (nSPS) is 11.6. The molecule has 1 nitrogen and oxygen atoms in total. The highest BCUT2D eigenvalue weighted by Crippen LogP contribution is 2.29. The van der Waals surface area contributed by atoms with Gasteiger partial charge in [0.25, 0.3) is 0 Å². The van der Waals surface area contributed by atoms with Crippen molar-refractivity contribution in [1.29, 1.82) is 0 Å². The van der Waals surface area contributed by atoms with E-state index in [-0.39, 0.29) is 10.6 Å². The number of hydrogen-bond donors (Lipinski definition) is 0. The van der Waals surface area contributed by atoms with Gasteiger partial charge in [0.1, 0.15) is 11.6 Å². The summed E-state index contributed by atoms with van der Waals surface area (Å²) in [5.41, 5.74) is 0.119. The van der Waals surface area contributed by atoms with Crippen LogP contribution < -0.4 is 4.74 Å². The number of aryl methyl sites for hydroxylation is 1. The second-order valence-electron chi connectivity index (χ2n) is 2.58. The van der Waals surface area contributed by atoms with Gasteiger partial charge in [-0.3, -0.25) is 0 Å². The summed E-state index contributed by atoms with van der Waals surface area (Å²) >= 11 is 5.35. The van der Waals surface area contributed by atoms with E-state index in [1.54, 1.807) is 0 Å². The van der Waals surface area contributed by atoms with Crippen LogP contribution in [0, 0.1) is 12.7 Å². The van der Waals surface area contributed by atoms with E-state index in [2.05, 4.69) is 4.74 Å². The van der Waals surface area contributed by atoms with Crippen molar-refractivity contribution in [2.45, 2.75) is 13.3 Å². The van der Waals surface area contributed by atoms with Crippen LogP contribution in [0.3, 0.4) is 0 Å². The molecule has 0 heterocycles. The molecule has 14 heavy (non-hydrogen) atoms. The molecule has 1 aromatic carbocycles. The maximum Gasteiger partial charge on any atom is 0.573 e.